The standard InChI is InChI=1S/C18H23N3O4/c1-25-13-6-4-5-12(11-13)18(24)20-10-9-16(22)21-15-8-3-2-7-14(15)17(19)23/h2-6,11,14-15H,7-10H2,1H3,(H2,19,23)(H,20,24)(H,21,22)/t14-,15-/m1/s1. The Hall–Kier alpha value is -2.83. The smallest absolute Gasteiger partial charge is 0.251 e. The van der Waals surface area contributed by atoms with Gasteiger partial charge in [0.2, 0.25) is 11.8 Å². The van der Waals surface area contributed by atoms with Gasteiger partial charge in [-0.1, -0.05) is 18.2 Å². The van der Waals surface area contributed by atoms with E-state index in [-0.39, 0.29) is 36.7 Å². The molecule has 7 nitrogen and oxygen atoms in total. The molecule has 0 unspecified atom stereocenters. The van der Waals surface area contributed by atoms with Crippen LogP contribution in [-0.4, -0.2) is 37.4 Å². The predicted octanol–water partition coefficient (Wildman–Crippen LogP) is 0.751. The van der Waals surface area contributed by atoms with Crippen LogP contribution >= 0.6 is 0 Å². The lowest BCUT2D eigenvalue weighted by Crippen LogP contribution is -2.46. The number of rotatable bonds is 7. The highest BCUT2D eigenvalue weighted by atomic mass is 16.5. The van der Waals surface area contributed by atoms with Crippen LogP contribution in [0.25, 0.3) is 0 Å². The molecule has 1 aliphatic carbocycles. The monoisotopic (exact) mass is 345 g/mol. The second kappa shape index (κ2) is 8.86. The molecule has 0 bridgehead atoms. The maximum atomic E-state index is 12.1. The van der Waals surface area contributed by atoms with Gasteiger partial charge in [-0.3, -0.25) is 14.4 Å². The van der Waals surface area contributed by atoms with Gasteiger partial charge in [-0.05, 0) is 31.0 Å². The third-order valence-electron chi connectivity index (χ3n) is 4.11. The quantitative estimate of drug-likeness (QED) is 0.633. The first-order chi connectivity index (χ1) is 12.0. The van der Waals surface area contributed by atoms with Crippen molar-refractivity contribution in [1.82, 2.24) is 10.6 Å². The van der Waals surface area contributed by atoms with Crippen LogP contribution in [0.15, 0.2) is 36.4 Å². The van der Waals surface area contributed by atoms with Crippen LogP contribution in [0.5, 0.6) is 5.75 Å². The van der Waals surface area contributed by atoms with Gasteiger partial charge in [0.1, 0.15) is 5.75 Å². The van der Waals surface area contributed by atoms with Gasteiger partial charge in [-0.2, -0.15) is 0 Å². The maximum absolute atomic E-state index is 12.1. The second-order valence-electron chi connectivity index (χ2n) is 5.86. The van der Waals surface area contributed by atoms with E-state index in [9.17, 15) is 14.4 Å². The van der Waals surface area contributed by atoms with Crippen LogP contribution in [0.3, 0.4) is 0 Å². The summed E-state index contributed by atoms with van der Waals surface area (Å²) in [5.41, 5.74) is 5.83. The molecule has 1 aromatic rings. The molecule has 2 atom stereocenters. The SMILES string of the molecule is COc1cccc(C(=O)NCCC(=O)N[C@@H]2CC=CC[C@H]2C(N)=O)c1. The minimum atomic E-state index is -0.416. The number of carbonyl (C=O) groups is 3. The zero-order valence-corrected chi connectivity index (χ0v) is 14.2. The highest BCUT2D eigenvalue weighted by molar-refractivity contribution is 5.94. The molecule has 1 aliphatic rings. The summed E-state index contributed by atoms with van der Waals surface area (Å²) < 4.78 is 5.07. The molecule has 3 amide bonds. The fraction of sp³-hybridized carbons (Fsp3) is 0.389. The molecular weight excluding hydrogens is 322 g/mol. The van der Waals surface area contributed by atoms with Gasteiger partial charge in [0.05, 0.1) is 13.0 Å². The first-order valence-electron chi connectivity index (χ1n) is 8.17. The van der Waals surface area contributed by atoms with Crippen molar-refractivity contribution in [2.75, 3.05) is 13.7 Å². The van der Waals surface area contributed by atoms with Crippen LogP contribution in [-0.2, 0) is 9.59 Å². The largest absolute Gasteiger partial charge is 0.497 e. The van der Waals surface area contributed by atoms with Crippen molar-refractivity contribution in [1.29, 1.82) is 0 Å². The van der Waals surface area contributed by atoms with Crippen LogP contribution in [0, 0.1) is 5.92 Å². The van der Waals surface area contributed by atoms with Gasteiger partial charge in [-0.15, -0.1) is 0 Å². The van der Waals surface area contributed by atoms with E-state index in [1.165, 1.54) is 7.11 Å². The average Bonchev–Trinajstić information content (AvgIpc) is 2.62. The van der Waals surface area contributed by atoms with Gasteiger partial charge in [0.25, 0.3) is 5.91 Å². The number of hydrogen-bond acceptors (Lipinski definition) is 4. The van der Waals surface area contributed by atoms with Gasteiger partial charge in [-0.25, -0.2) is 0 Å². The lowest BCUT2D eigenvalue weighted by molar-refractivity contribution is -0.125. The molecular formula is C18H23N3O4. The molecule has 0 spiro atoms. The summed E-state index contributed by atoms with van der Waals surface area (Å²) in [6.07, 6.45) is 5.06. The fourth-order valence-corrected chi connectivity index (χ4v) is 2.72. The zero-order valence-electron chi connectivity index (χ0n) is 14.2. The number of primary amides is 1. The minimum absolute atomic E-state index is 0.126. The molecule has 0 saturated heterocycles. The Bertz CT molecular complexity index is 672. The topological polar surface area (TPSA) is 111 Å². The summed E-state index contributed by atoms with van der Waals surface area (Å²) in [7, 11) is 1.53. The number of nitrogens with one attached hydrogen (secondary N) is 2. The molecule has 0 radical (unpaired) electrons. The number of benzene rings is 1. The summed E-state index contributed by atoms with van der Waals surface area (Å²) in [6.45, 7) is 0.200. The Balaban J connectivity index is 1.79. The lowest BCUT2D eigenvalue weighted by atomic mass is 9.88. The molecule has 0 fully saturated rings. The van der Waals surface area contributed by atoms with E-state index in [0.717, 1.165) is 0 Å². The van der Waals surface area contributed by atoms with Crippen LogP contribution in [0.4, 0.5) is 0 Å². The molecule has 0 saturated carbocycles. The number of allylic oxidation sites excluding steroid dienone is 1. The molecule has 0 aliphatic heterocycles. The third-order valence-corrected chi connectivity index (χ3v) is 4.11. The Morgan fingerprint density at radius 3 is 2.72 bits per heavy atom. The summed E-state index contributed by atoms with van der Waals surface area (Å²) >= 11 is 0. The van der Waals surface area contributed by atoms with Crippen molar-refractivity contribution in [3.8, 4) is 5.75 Å². The zero-order chi connectivity index (χ0) is 18.2. The Morgan fingerprint density at radius 1 is 1.24 bits per heavy atom. The Labute approximate surface area is 146 Å². The predicted molar refractivity (Wildman–Crippen MR) is 92.9 cm³/mol. The summed E-state index contributed by atoms with van der Waals surface area (Å²) in [6, 6.07) is 6.48. The van der Waals surface area contributed by atoms with Crippen molar-refractivity contribution in [3.63, 3.8) is 0 Å². The first kappa shape index (κ1) is 18.5. The van der Waals surface area contributed by atoms with Crippen LogP contribution < -0.4 is 21.1 Å². The van der Waals surface area contributed by atoms with Gasteiger partial charge < -0.3 is 21.1 Å². The number of methoxy groups -OCH3 is 1. The third kappa shape index (κ3) is 5.34. The number of nitrogens with two attached hydrogens (primary N) is 1. The lowest BCUT2D eigenvalue weighted by Gasteiger charge is -2.26. The molecule has 7 heteroatoms. The maximum Gasteiger partial charge on any atom is 0.251 e. The number of hydrogen-bond donors (Lipinski definition) is 3. The number of carbonyl (C=O) groups excluding carboxylic acids is 3. The van der Waals surface area contributed by atoms with E-state index in [2.05, 4.69) is 10.6 Å². The highest BCUT2D eigenvalue weighted by Crippen LogP contribution is 2.18. The molecule has 0 heterocycles. The van der Waals surface area contributed by atoms with Gasteiger partial charge in [0, 0.05) is 24.6 Å². The summed E-state index contributed by atoms with van der Waals surface area (Å²) in [5.74, 6) is -0.714. The Kier molecular flexibility index (Phi) is 6.56. The molecule has 1 aromatic carbocycles. The van der Waals surface area contributed by atoms with Crippen LogP contribution in [0.1, 0.15) is 29.6 Å². The van der Waals surface area contributed by atoms with E-state index in [1.54, 1.807) is 24.3 Å². The normalized spacial score (nSPS) is 19.1. The average molecular weight is 345 g/mol. The molecule has 4 N–H and O–H groups in total. The molecule has 25 heavy (non-hydrogen) atoms. The molecule has 2 rings (SSSR count). The van der Waals surface area contributed by atoms with Crippen molar-refractivity contribution >= 4 is 17.7 Å². The van der Waals surface area contributed by atoms with Crippen molar-refractivity contribution < 1.29 is 19.1 Å². The van der Waals surface area contributed by atoms with E-state index in [0.29, 0.717) is 24.2 Å². The minimum Gasteiger partial charge on any atom is -0.497 e. The first-order valence-corrected chi connectivity index (χ1v) is 8.17. The second-order valence-corrected chi connectivity index (χ2v) is 5.86. The van der Waals surface area contributed by atoms with E-state index in [1.807, 2.05) is 12.2 Å². The Morgan fingerprint density at radius 2 is 2.00 bits per heavy atom. The number of amides is 3. The van der Waals surface area contributed by atoms with Crippen molar-refractivity contribution in [2.24, 2.45) is 11.7 Å². The highest BCUT2D eigenvalue weighted by Gasteiger charge is 2.28. The molecule has 134 valence electrons. The van der Waals surface area contributed by atoms with E-state index < -0.39 is 5.91 Å². The van der Waals surface area contributed by atoms with Crippen LogP contribution in [0.2, 0.25) is 0 Å². The summed E-state index contributed by atoms with van der Waals surface area (Å²) in [4.78, 5) is 35.5. The molecule has 0 aromatic heterocycles. The fourth-order valence-electron chi connectivity index (χ4n) is 2.72. The van der Waals surface area contributed by atoms with E-state index in [4.69, 9.17) is 10.5 Å². The van der Waals surface area contributed by atoms with Gasteiger partial charge in [0.15, 0.2) is 0 Å². The van der Waals surface area contributed by atoms with E-state index >= 15 is 0 Å². The number of ether oxygens (including phenoxy) is 1. The van der Waals surface area contributed by atoms with Gasteiger partial charge >= 0.3 is 0 Å². The summed E-state index contributed by atoms with van der Waals surface area (Å²) in [5, 5.41) is 5.51. The van der Waals surface area contributed by atoms with Crippen molar-refractivity contribution in [2.45, 2.75) is 25.3 Å². The van der Waals surface area contributed by atoms with Crippen molar-refractivity contribution in [3.05, 3.63) is 42.0 Å².